The summed E-state index contributed by atoms with van der Waals surface area (Å²) in [5.74, 6) is 4.95. The lowest BCUT2D eigenvalue weighted by Crippen LogP contribution is -2.46. The summed E-state index contributed by atoms with van der Waals surface area (Å²) in [5.41, 5.74) is 20.2. The number of halogens is 5. The van der Waals surface area contributed by atoms with E-state index in [0.717, 1.165) is 94.6 Å². The van der Waals surface area contributed by atoms with Gasteiger partial charge in [0.25, 0.3) is 0 Å². The number of allylic oxidation sites excluding steroid dienone is 2. The van der Waals surface area contributed by atoms with Gasteiger partial charge < -0.3 is 41.2 Å². The molecule has 0 spiro atoms. The Bertz CT molecular complexity index is 4490. The normalized spacial score (nSPS) is 21.3. The number of aliphatic carboxylic acids is 1. The molecule has 1 unspecified atom stereocenters. The Morgan fingerprint density at radius 1 is 0.704 bits per heavy atom. The largest absolute Gasteiger partial charge is 0.506 e. The smallest absolute Gasteiger partial charge is 0.337 e. The highest BCUT2D eigenvalue weighted by atomic mass is 127. The number of hydrogen-bond acceptors (Lipinski definition) is 12. The minimum atomic E-state index is -1.02. The Labute approximate surface area is 697 Å². The number of aromatic hydroxyl groups is 1. The zero-order valence-electron chi connectivity index (χ0n) is 63.3. The van der Waals surface area contributed by atoms with E-state index in [-0.39, 0.29) is 52.0 Å². The molecule has 10 atom stereocenters. The average Bonchev–Trinajstić information content (AvgIpc) is 1.57. The van der Waals surface area contributed by atoms with Gasteiger partial charge in [0.05, 0.1) is 25.9 Å². The van der Waals surface area contributed by atoms with Crippen LogP contribution in [0.25, 0.3) is 0 Å². The van der Waals surface area contributed by atoms with Gasteiger partial charge >= 0.3 is 11.9 Å². The fourth-order valence-electron chi connectivity index (χ4n) is 16.4. The number of nitrogens with zero attached hydrogens (tertiary/aromatic N) is 1. The lowest BCUT2D eigenvalue weighted by Gasteiger charge is -2.48. The van der Waals surface area contributed by atoms with E-state index in [1.807, 2.05) is 71.1 Å². The fraction of sp³-hybridized carbons (Fsp3) is 0.393. The standard InChI is InChI=1S/C19H24O.C19H22O.C17H21NO.C15H11I4NO4.C13H18ClNO.C6H5NO2/c2*1-12-3-5-14-13(11-12)4-6-16-15(14)9-10-19(2)17(16)7-8-18(19)20;1-14-8-6-7-11-16(14)19-17(12-13-18-2)15-9-4-3-5-10-15;16-8-4-7(5-9(17)13(8)21)24-14-10(18)1-6(2-11(14)19)3-12(20)15(22)23;1-9(15-13(2,3)4)12(16)10-6-5-7-11(14)8-10;8-6(9)5-2-1-3-7-4-5/h3,5,11,15-17H,4,6-10H2,1-2H3;3,5-6,11,15,17H,4,7-10H2,1-2H3;3-11,17-18H,12-13H2,1-2H3;1-2,4-5,12,21H,3,20H2,(H,22,23);5-9,15H,1-4H3;1-4H,(H,8,9)/t15-,16-,17+,19+;15-,17+,19+;17-;12-;;/m1110../s1. The lowest BCUT2D eigenvalue weighted by atomic mass is 9.55. The molecule has 7 N–H and O–H groups in total. The maximum atomic E-state index is 12.3. The van der Waals surface area contributed by atoms with Crippen molar-refractivity contribution < 1.29 is 48.8 Å². The number of nitrogens with one attached hydrogen (secondary N) is 2. The number of carbonyl (C=O) groups excluding carboxylic acids is 3. The summed E-state index contributed by atoms with van der Waals surface area (Å²) in [6.45, 7) is 19.8. The van der Waals surface area contributed by atoms with Crippen LogP contribution < -0.4 is 25.8 Å². The molecule has 0 saturated heterocycles. The summed E-state index contributed by atoms with van der Waals surface area (Å²) < 4.78 is 15.3. The molecule has 14 nitrogen and oxygen atoms in total. The van der Waals surface area contributed by atoms with Crippen LogP contribution in [0.5, 0.6) is 23.0 Å². The number of aryl methyl sites for hydroxylation is 4. The van der Waals surface area contributed by atoms with Gasteiger partial charge in [-0.25, -0.2) is 4.79 Å². The SMILES string of the molecule is CC(NC(C)(C)C)C(=O)c1cccc(Cl)c1.CNCC[C@@H](Oc1ccccc1C)c1ccccc1.Cc1ccc2c(c1)CC=C1[C@@H]2CC[C@]2(C)C(=O)CC[C@@H]12.Cc1ccc2c(c1)CC[C@@H]1[C@@H]2CC[C@]2(C)C(=O)CC[C@@H]12.N[C@@H](Cc1cc(I)c(Oc2cc(I)c(O)c(I)c2)c(I)c1)C(=O)O.O=C(O)c1cccnc1. The molecule has 14 rings (SSSR count). The van der Waals surface area contributed by atoms with Crippen LogP contribution >= 0.6 is 102 Å². The number of fused-ring (bicyclic) bond motifs is 10. The molecular formula is C89H101ClI4N4O10. The first-order valence-corrected chi connectivity index (χ1v) is 41.9. The molecule has 0 amide bonds. The summed E-state index contributed by atoms with van der Waals surface area (Å²) in [4.78, 5) is 61.3. The summed E-state index contributed by atoms with van der Waals surface area (Å²) >= 11 is 14.3. The van der Waals surface area contributed by atoms with Crippen molar-refractivity contribution in [3.05, 3.63) is 256 Å². The van der Waals surface area contributed by atoms with Crippen molar-refractivity contribution in [2.75, 3.05) is 13.6 Å². The Kier molecular flexibility index (Phi) is 30.9. The van der Waals surface area contributed by atoms with Crippen LogP contribution in [-0.4, -0.2) is 80.8 Å². The quantitative estimate of drug-likeness (QED) is 0.0319. The van der Waals surface area contributed by atoms with Gasteiger partial charge in [0.15, 0.2) is 11.5 Å². The number of phenolic OH excluding ortho intramolecular Hbond substituents is 1. The Morgan fingerprint density at radius 2 is 1.33 bits per heavy atom. The van der Waals surface area contributed by atoms with E-state index in [0.29, 0.717) is 58.5 Å². The van der Waals surface area contributed by atoms with Gasteiger partial charge in [-0.1, -0.05) is 145 Å². The first-order valence-electron chi connectivity index (χ1n) is 37.2. The molecule has 6 aliphatic carbocycles. The Balaban J connectivity index is 0.000000152. The highest BCUT2D eigenvalue weighted by Crippen LogP contribution is 2.60. The van der Waals surface area contributed by atoms with Gasteiger partial charge in [-0.2, -0.15) is 0 Å². The average molecular weight is 1930 g/mol. The molecule has 1 heterocycles. The number of aromatic nitrogens is 1. The van der Waals surface area contributed by atoms with Gasteiger partial charge in [-0.3, -0.25) is 24.2 Å². The first-order chi connectivity index (χ1) is 51.3. The van der Waals surface area contributed by atoms with Gasteiger partial charge in [0.2, 0.25) is 0 Å². The van der Waals surface area contributed by atoms with Crippen LogP contribution in [-0.2, 0) is 33.6 Å². The summed E-state index contributed by atoms with van der Waals surface area (Å²) in [7, 11) is 1.97. The van der Waals surface area contributed by atoms with Crippen LogP contribution in [0.1, 0.15) is 194 Å². The van der Waals surface area contributed by atoms with E-state index in [9.17, 15) is 29.1 Å². The number of pyridine rings is 1. The molecule has 6 aliphatic rings. The number of carboxylic acid groups (broad SMARTS) is 2. The first kappa shape index (κ1) is 85.9. The van der Waals surface area contributed by atoms with Crippen molar-refractivity contribution in [2.45, 2.75) is 181 Å². The molecule has 7 aromatic carbocycles. The Hall–Kier alpha value is -6.13. The van der Waals surface area contributed by atoms with E-state index in [1.54, 1.807) is 59.2 Å². The molecule has 4 saturated carbocycles. The predicted octanol–water partition coefficient (Wildman–Crippen LogP) is 21.1. The topological polar surface area (TPSA) is 227 Å². The van der Waals surface area contributed by atoms with Crippen molar-refractivity contribution in [1.82, 2.24) is 15.6 Å². The number of benzene rings is 7. The summed E-state index contributed by atoms with van der Waals surface area (Å²) in [6, 6.07) is 48.8. The van der Waals surface area contributed by atoms with Crippen molar-refractivity contribution in [3.63, 3.8) is 0 Å². The van der Waals surface area contributed by atoms with E-state index >= 15 is 0 Å². The van der Waals surface area contributed by atoms with E-state index < -0.39 is 18.0 Å². The molecule has 108 heavy (non-hydrogen) atoms. The zero-order chi connectivity index (χ0) is 78.4. The number of aromatic carboxylic acids is 1. The zero-order valence-corrected chi connectivity index (χ0v) is 72.7. The van der Waals surface area contributed by atoms with E-state index in [4.69, 9.17) is 37.0 Å². The molecule has 19 heteroatoms. The second-order valence-electron chi connectivity index (χ2n) is 30.8. The van der Waals surface area contributed by atoms with Gasteiger partial charge in [-0.15, -0.1) is 0 Å². The maximum absolute atomic E-state index is 12.3. The van der Waals surface area contributed by atoms with Gasteiger partial charge in [-0.05, 0) is 334 Å². The van der Waals surface area contributed by atoms with E-state index in [1.165, 1.54) is 71.1 Å². The number of phenols is 1. The Morgan fingerprint density at radius 3 is 1.95 bits per heavy atom. The molecule has 8 aromatic rings. The highest BCUT2D eigenvalue weighted by Gasteiger charge is 2.55. The molecule has 572 valence electrons. The number of ketones is 3. The molecule has 1 aromatic heterocycles. The minimum absolute atomic E-state index is 0.0172. The van der Waals surface area contributed by atoms with Crippen molar-refractivity contribution in [3.8, 4) is 23.0 Å². The van der Waals surface area contributed by atoms with Crippen molar-refractivity contribution >= 4 is 131 Å². The third-order valence-electron chi connectivity index (χ3n) is 21.9. The monoisotopic (exact) mass is 1930 g/mol. The highest BCUT2D eigenvalue weighted by molar-refractivity contribution is 14.1. The summed E-state index contributed by atoms with van der Waals surface area (Å²) in [5, 5.41) is 34.1. The van der Waals surface area contributed by atoms with Crippen LogP contribution in [0.2, 0.25) is 5.02 Å². The minimum Gasteiger partial charge on any atom is -0.506 e. The molecular weight excluding hydrogens is 1830 g/mol. The number of carboxylic acids is 2. The molecule has 0 aliphatic heterocycles. The van der Waals surface area contributed by atoms with Crippen LogP contribution in [0.15, 0.2) is 176 Å². The number of hydrogen-bond donors (Lipinski definition) is 6. The second kappa shape index (κ2) is 38.9. The van der Waals surface area contributed by atoms with Crippen molar-refractivity contribution in [2.24, 2.45) is 34.3 Å². The van der Waals surface area contributed by atoms with Crippen LogP contribution in [0, 0.1) is 63.6 Å². The number of rotatable bonds is 15. The molecule has 0 radical (unpaired) electrons. The van der Waals surface area contributed by atoms with E-state index in [2.05, 4.69) is 213 Å². The molecule has 0 bridgehead atoms. The fourth-order valence-corrected chi connectivity index (χ4v) is 20.4. The third kappa shape index (κ3) is 22.2. The van der Waals surface area contributed by atoms with Crippen LogP contribution in [0.3, 0.4) is 0 Å². The number of para-hydroxylation sites is 1. The van der Waals surface area contributed by atoms with Crippen molar-refractivity contribution in [1.29, 1.82) is 0 Å². The third-order valence-corrected chi connectivity index (χ3v) is 25.4. The maximum Gasteiger partial charge on any atom is 0.337 e. The lowest BCUT2D eigenvalue weighted by molar-refractivity contribution is -0.138. The van der Waals surface area contributed by atoms with Gasteiger partial charge in [0.1, 0.15) is 41.0 Å². The van der Waals surface area contributed by atoms with Crippen LogP contribution in [0.4, 0.5) is 0 Å². The second-order valence-corrected chi connectivity index (χ2v) is 35.8. The number of carbonyl (C=O) groups is 5. The number of nitrogens with two attached hydrogens (primary N) is 1. The number of Topliss-reactive ketones (excluding diaryl/α,β-unsaturated/α-hetero) is 3. The summed E-state index contributed by atoms with van der Waals surface area (Å²) in [6.07, 6.45) is 18.6. The van der Waals surface area contributed by atoms with Gasteiger partial charge in [0, 0.05) is 64.5 Å². The molecule has 4 fully saturated rings. The number of ether oxygens (including phenoxy) is 2. The predicted molar refractivity (Wildman–Crippen MR) is 465 cm³/mol.